The molecule has 0 spiro atoms. The van der Waals surface area contributed by atoms with Crippen LogP contribution in [0.3, 0.4) is 0 Å². The van der Waals surface area contributed by atoms with Crippen molar-refractivity contribution in [2.45, 2.75) is 19.4 Å². The number of nitrogens with one attached hydrogen (secondary N) is 1. The van der Waals surface area contributed by atoms with Gasteiger partial charge >= 0.3 is 0 Å². The SMILES string of the molecule is CC1CN(C)S(=O)(=O)CCCN1. The van der Waals surface area contributed by atoms with Crippen LogP contribution < -0.4 is 5.32 Å². The summed E-state index contributed by atoms with van der Waals surface area (Å²) in [6.45, 7) is 3.37. The van der Waals surface area contributed by atoms with Crippen LogP contribution in [0.15, 0.2) is 0 Å². The first-order valence-electron chi connectivity index (χ1n) is 4.20. The fourth-order valence-corrected chi connectivity index (χ4v) is 2.59. The van der Waals surface area contributed by atoms with Gasteiger partial charge in [-0.25, -0.2) is 12.7 Å². The van der Waals surface area contributed by atoms with E-state index in [9.17, 15) is 8.42 Å². The Bertz CT molecular complexity index is 238. The number of nitrogens with zero attached hydrogens (tertiary/aromatic N) is 1. The number of hydrogen-bond acceptors (Lipinski definition) is 3. The van der Waals surface area contributed by atoms with Gasteiger partial charge in [0.1, 0.15) is 0 Å². The Morgan fingerprint density at radius 3 is 2.83 bits per heavy atom. The van der Waals surface area contributed by atoms with Crippen molar-refractivity contribution in [3.8, 4) is 0 Å². The van der Waals surface area contributed by atoms with Crippen LogP contribution in [0.25, 0.3) is 0 Å². The van der Waals surface area contributed by atoms with Gasteiger partial charge in [0.05, 0.1) is 5.75 Å². The highest BCUT2D eigenvalue weighted by Gasteiger charge is 2.21. The van der Waals surface area contributed by atoms with Crippen LogP contribution in [-0.4, -0.2) is 44.7 Å². The summed E-state index contributed by atoms with van der Waals surface area (Å²) in [5, 5.41) is 3.25. The first-order valence-corrected chi connectivity index (χ1v) is 5.81. The van der Waals surface area contributed by atoms with E-state index in [1.807, 2.05) is 6.92 Å². The predicted molar refractivity (Wildman–Crippen MR) is 48.5 cm³/mol. The van der Waals surface area contributed by atoms with E-state index < -0.39 is 10.0 Å². The predicted octanol–water partition coefficient (Wildman–Crippen LogP) is -0.370. The quantitative estimate of drug-likeness (QED) is 0.569. The molecule has 1 rings (SSSR count). The highest BCUT2D eigenvalue weighted by Crippen LogP contribution is 2.04. The average Bonchev–Trinajstić information content (AvgIpc) is 1.96. The molecule has 0 amide bonds. The minimum Gasteiger partial charge on any atom is -0.313 e. The monoisotopic (exact) mass is 192 g/mol. The Kier molecular flexibility index (Phi) is 3.09. The summed E-state index contributed by atoms with van der Waals surface area (Å²) >= 11 is 0. The fourth-order valence-electron chi connectivity index (χ4n) is 1.32. The van der Waals surface area contributed by atoms with Crippen molar-refractivity contribution in [3.63, 3.8) is 0 Å². The lowest BCUT2D eigenvalue weighted by molar-refractivity contribution is 0.393. The molecule has 0 radical (unpaired) electrons. The van der Waals surface area contributed by atoms with E-state index in [1.54, 1.807) is 7.05 Å². The molecule has 1 N–H and O–H groups in total. The molecule has 1 atom stereocenters. The summed E-state index contributed by atoms with van der Waals surface area (Å²) < 4.78 is 24.2. The molecule has 0 bridgehead atoms. The molecular formula is C7H16N2O2S. The maximum atomic E-state index is 11.4. The normalized spacial score (nSPS) is 32.3. The van der Waals surface area contributed by atoms with Gasteiger partial charge in [-0.3, -0.25) is 0 Å². The topological polar surface area (TPSA) is 49.4 Å². The molecule has 0 saturated carbocycles. The third-order valence-electron chi connectivity index (χ3n) is 2.08. The Balaban J connectivity index is 2.68. The number of rotatable bonds is 0. The molecule has 0 aromatic carbocycles. The maximum absolute atomic E-state index is 11.4. The third-order valence-corrected chi connectivity index (χ3v) is 3.98. The average molecular weight is 192 g/mol. The van der Waals surface area contributed by atoms with Crippen molar-refractivity contribution in [2.24, 2.45) is 0 Å². The summed E-state index contributed by atoms with van der Waals surface area (Å²) in [6.07, 6.45) is 0.705. The molecule has 1 fully saturated rings. The zero-order chi connectivity index (χ0) is 9.19. The molecule has 0 aromatic heterocycles. The van der Waals surface area contributed by atoms with Crippen LogP contribution >= 0.6 is 0 Å². The zero-order valence-electron chi connectivity index (χ0n) is 7.58. The Labute approximate surface area is 74.0 Å². The van der Waals surface area contributed by atoms with E-state index >= 15 is 0 Å². The minimum atomic E-state index is -2.96. The molecule has 1 unspecified atom stereocenters. The Hall–Kier alpha value is -0.130. The summed E-state index contributed by atoms with van der Waals surface area (Å²) in [7, 11) is -1.32. The van der Waals surface area contributed by atoms with Gasteiger partial charge < -0.3 is 5.32 Å². The van der Waals surface area contributed by atoms with Crippen molar-refractivity contribution < 1.29 is 8.42 Å². The van der Waals surface area contributed by atoms with E-state index in [0.29, 0.717) is 13.0 Å². The van der Waals surface area contributed by atoms with E-state index in [2.05, 4.69) is 5.32 Å². The molecular weight excluding hydrogens is 176 g/mol. The molecule has 1 aliphatic rings. The fraction of sp³-hybridized carbons (Fsp3) is 1.00. The van der Waals surface area contributed by atoms with E-state index in [0.717, 1.165) is 6.54 Å². The summed E-state index contributed by atoms with van der Waals surface area (Å²) in [6, 6.07) is 0.255. The molecule has 1 heterocycles. The van der Waals surface area contributed by atoms with E-state index in [-0.39, 0.29) is 11.8 Å². The molecule has 1 aliphatic heterocycles. The van der Waals surface area contributed by atoms with Crippen LogP contribution in [0.5, 0.6) is 0 Å². The first-order chi connectivity index (χ1) is 5.52. The van der Waals surface area contributed by atoms with Crippen LogP contribution in [0, 0.1) is 0 Å². The van der Waals surface area contributed by atoms with Gasteiger partial charge in [-0.1, -0.05) is 0 Å². The molecule has 5 heteroatoms. The first kappa shape index (κ1) is 9.95. The van der Waals surface area contributed by atoms with Crippen molar-refractivity contribution >= 4 is 10.0 Å². The lowest BCUT2D eigenvalue weighted by Crippen LogP contribution is -2.44. The minimum absolute atomic E-state index is 0.255. The van der Waals surface area contributed by atoms with Crippen molar-refractivity contribution in [2.75, 3.05) is 25.9 Å². The van der Waals surface area contributed by atoms with Gasteiger partial charge in [-0.05, 0) is 19.9 Å². The van der Waals surface area contributed by atoms with E-state index in [4.69, 9.17) is 0 Å². The summed E-state index contributed by atoms with van der Waals surface area (Å²) in [5.74, 6) is 0.267. The second-order valence-corrected chi connectivity index (χ2v) is 5.50. The molecule has 1 saturated heterocycles. The molecule has 72 valence electrons. The highest BCUT2D eigenvalue weighted by atomic mass is 32.2. The Morgan fingerprint density at radius 2 is 2.17 bits per heavy atom. The van der Waals surface area contributed by atoms with Gasteiger partial charge in [0.2, 0.25) is 10.0 Å². The van der Waals surface area contributed by atoms with Crippen molar-refractivity contribution in [1.82, 2.24) is 9.62 Å². The molecule has 4 nitrogen and oxygen atoms in total. The highest BCUT2D eigenvalue weighted by molar-refractivity contribution is 7.89. The number of likely N-dealkylation sites (N-methyl/N-ethyl adjacent to an activating group) is 1. The van der Waals surface area contributed by atoms with Crippen LogP contribution in [0.2, 0.25) is 0 Å². The molecule has 12 heavy (non-hydrogen) atoms. The molecule has 0 aromatic rings. The van der Waals surface area contributed by atoms with Crippen LogP contribution in [-0.2, 0) is 10.0 Å². The lowest BCUT2D eigenvalue weighted by Gasteiger charge is -2.25. The number of hydrogen-bond donors (Lipinski definition) is 1. The smallest absolute Gasteiger partial charge is 0.213 e. The van der Waals surface area contributed by atoms with E-state index in [1.165, 1.54) is 4.31 Å². The maximum Gasteiger partial charge on any atom is 0.213 e. The second-order valence-electron chi connectivity index (χ2n) is 3.31. The summed E-state index contributed by atoms with van der Waals surface area (Å²) in [4.78, 5) is 0. The lowest BCUT2D eigenvalue weighted by atomic mass is 10.3. The van der Waals surface area contributed by atoms with Gasteiger partial charge in [0, 0.05) is 19.6 Å². The summed E-state index contributed by atoms with van der Waals surface area (Å²) in [5.41, 5.74) is 0. The van der Waals surface area contributed by atoms with Gasteiger partial charge in [-0.15, -0.1) is 0 Å². The zero-order valence-corrected chi connectivity index (χ0v) is 8.39. The number of sulfonamides is 1. The van der Waals surface area contributed by atoms with Crippen molar-refractivity contribution in [1.29, 1.82) is 0 Å². The standard InChI is InChI=1S/C7H16N2O2S/c1-7-6-9(2)12(10,11)5-3-4-8-7/h7-8H,3-6H2,1-2H3. The van der Waals surface area contributed by atoms with Gasteiger partial charge in [-0.2, -0.15) is 0 Å². The van der Waals surface area contributed by atoms with Crippen LogP contribution in [0.4, 0.5) is 0 Å². The van der Waals surface area contributed by atoms with Gasteiger partial charge in [0.15, 0.2) is 0 Å². The largest absolute Gasteiger partial charge is 0.313 e. The molecule has 0 aliphatic carbocycles. The van der Waals surface area contributed by atoms with Crippen LogP contribution in [0.1, 0.15) is 13.3 Å². The Morgan fingerprint density at radius 1 is 1.50 bits per heavy atom. The van der Waals surface area contributed by atoms with Gasteiger partial charge in [0.25, 0.3) is 0 Å². The third kappa shape index (κ3) is 2.43. The van der Waals surface area contributed by atoms with Crippen molar-refractivity contribution in [3.05, 3.63) is 0 Å². The second kappa shape index (κ2) is 3.72.